The predicted molar refractivity (Wildman–Crippen MR) is 109 cm³/mol. The molecular formula is C22H27N3O2. The summed E-state index contributed by atoms with van der Waals surface area (Å²) in [6.07, 6.45) is 1.76. The van der Waals surface area contributed by atoms with Crippen molar-refractivity contribution in [1.82, 2.24) is 4.90 Å². The maximum atomic E-state index is 12.6. The fourth-order valence-electron chi connectivity index (χ4n) is 3.47. The highest BCUT2D eigenvalue weighted by atomic mass is 16.2. The average Bonchev–Trinajstić information content (AvgIpc) is 2.68. The number of para-hydroxylation sites is 1. The maximum absolute atomic E-state index is 12.6. The SMILES string of the molecule is Cc1cccc(NC(=O)C(C)N2CCCC(C(=O)Nc3ccccc3)C2)c1. The van der Waals surface area contributed by atoms with Gasteiger partial charge in [-0.1, -0.05) is 30.3 Å². The highest BCUT2D eigenvalue weighted by Crippen LogP contribution is 2.21. The Balaban J connectivity index is 1.57. The minimum Gasteiger partial charge on any atom is -0.326 e. The molecule has 0 bridgehead atoms. The highest BCUT2D eigenvalue weighted by molar-refractivity contribution is 5.95. The van der Waals surface area contributed by atoms with Crippen LogP contribution in [0.2, 0.25) is 0 Å². The van der Waals surface area contributed by atoms with E-state index in [9.17, 15) is 9.59 Å². The summed E-state index contributed by atoms with van der Waals surface area (Å²) >= 11 is 0. The first-order valence-electron chi connectivity index (χ1n) is 9.50. The molecule has 1 aliphatic rings. The number of nitrogens with zero attached hydrogens (tertiary/aromatic N) is 1. The van der Waals surface area contributed by atoms with E-state index < -0.39 is 0 Å². The normalized spacial score (nSPS) is 18.5. The number of nitrogens with one attached hydrogen (secondary N) is 2. The monoisotopic (exact) mass is 365 g/mol. The van der Waals surface area contributed by atoms with Gasteiger partial charge in [0.05, 0.1) is 12.0 Å². The van der Waals surface area contributed by atoms with Crippen molar-refractivity contribution in [2.45, 2.75) is 32.7 Å². The van der Waals surface area contributed by atoms with Gasteiger partial charge in [-0.2, -0.15) is 0 Å². The molecule has 0 spiro atoms. The van der Waals surface area contributed by atoms with Gasteiger partial charge in [-0.3, -0.25) is 14.5 Å². The molecule has 1 heterocycles. The van der Waals surface area contributed by atoms with Crippen LogP contribution in [0.15, 0.2) is 54.6 Å². The number of rotatable bonds is 5. The van der Waals surface area contributed by atoms with Crippen molar-refractivity contribution >= 4 is 23.2 Å². The van der Waals surface area contributed by atoms with E-state index in [4.69, 9.17) is 0 Å². The van der Waals surface area contributed by atoms with Crippen molar-refractivity contribution in [3.8, 4) is 0 Å². The molecule has 2 aromatic rings. The number of benzene rings is 2. The Morgan fingerprint density at radius 3 is 2.52 bits per heavy atom. The molecule has 2 unspecified atom stereocenters. The lowest BCUT2D eigenvalue weighted by molar-refractivity contribution is -0.125. The number of anilines is 2. The van der Waals surface area contributed by atoms with Crippen molar-refractivity contribution < 1.29 is 9.59 Å². The van der Waals surface area contributed by atoms with Crippen LogP contribution in [0.4, 0.5) is 11.4 Å². The van der Waals surface area contributed by atoms with Gasteiger partial charge in [-0.05, 0) is 63.1 Å². The average molecular weight is 365 g/mol. The molecule has 1 saturated heterocycles. The third-order valence-electron chi connectivity index (χ3n) is 5.08. The van der Waals surface area contributed by atoms with Crippen LogP contribution in [-0.2, 0) is 9.59 Å². The summed E-state index contributed by atoms with van der Waals surface area (Å²) < 4.78 is 0. The minimum atomic E-state index is -0.280. The molecule has 0 saturated carbocycles. The Hall–Kier alpha value is -2.66. The van der Waals surface area contributed by atoms with E-state index in [0.717, 1.165) is 36.3 Å². The molecule has 1 aliphatic heterocycles. The number of carbonyl (C=O) groups is 2. The second-order valence-electron chi connectivity index (χ2n) is 7.22. The minimum absolute atomic E-state index is 0.0252. The molecule has 1 fully saturated rings. The van der Waals surface area contributed by atoms with E-state index in [0.29, 0.717) is 6.54 Å². The zero-order valence-electron chi connectivity index (χ0n) is 15.9. The van der Waals surface area contributed by atoms with E-state index >= 15 is 0 Å². The van der Waals surface area contributed by atoms with Gasteiger partial charge < -0.3 is 10.6 Å². The van der Waals surface area contributed by atoms with Gasteiger partial charge in [0.1, 0.15) is 0 Å². The quantitative estimate of drug-likeness (QED) is 0.850. The number of likely N-dealkylation sites (tertiary alicyclic amines) is 1. The summed E-state index contributed by atoms with van der Waals surface area (Å²) in [4.78, 5) is 27.3. The van der Waals surface area contributed by atoms with Crippen LogP contribution in [0.3, 0.4) is 0 Å². The zero-order valence-corrected chi connectivity index (χ0v) is 15.9. The summed E-state index contributed by atoms with van der Waals surface area (Å²) in [7, 11) is 0. The Morgan fingerprint density at radius 2 is 1.78 bits per heavy atom. The maximum Gasteiger partial charge on any atom is 0.241 e. The van der Waals surface area contributed by atoms with Crippen LogP contribution >= 0.6 is 0 Å². The second kappa shape index (κ2) is 8.82. The molecule has 3 rings (SSSR count). The molecule has 27 heavy (non-hydrogen) atoms. The van der Waals surface area contributed by atoms with E-state index in [-0.39, 0.29) is 23.8 Å². The Bertz CT molecular complexity index is 791. The Labute approximate surface area is 160 Å². The largest absolute Gasteiger partial charge is 0.326 e. The van der Waals surface area contributed by atoms with Gasteiger partial charge in [0.15, 0.2) is 0 Å². The topological polar surface area (TPSA) is 61.4 Å². The molecule has 2 atom stereocenters. The van der Waals surface area contributed by atoms with Gasteiger partial charge in [0.25, 0.3) is 0 Å². The van der Waals surface area contributed by atoms with Crippen molar-refractivity contribution in [3.63, 3.8) is 0 Å². The number of amides is 2. The number of carbonyl (C=O) groups excluding carboxylic acids is 2. The molecule has 142 valence electrons. The molecule has 2 aromatic carbocycles. The molecule has 2 N–H and O–H groups in total. The van der Waals surface area contributed by atoms with Gasteiger partial charge in [0.2, 0.25) is 11.8 Å². The fourth-order valence-corrected chi connectivity index (χ4v) is 3.47. The first-order chi connectivity index (χ1) is 13.0. The molecule has 5 heteroatoms. The summed E-state index contributed by atoms with van der Waals surface area (Å²) in [6.45, 7) is 5.33. The Morgan fingerprint density at radius 1 is 1.04 bits per heavy atom. The lowest BCUT2D eigenvalue weighted by atomic mass is 9.95. The van der Waals surface area contributed by atoms with Gasteiger partial charge in [0, 0.05) is 17.9 Å². The fraction of sp³-hybridized carbons (Fsp3) is 0.364. The van der Waals surface area contributed by atoms with Crippen LogP contribution < -0.4 is 10.6 Å². The summed E-state index contributed by atoms with van der Waals surface area (Å²) in [6, 6.07) is 17.0. The lowest BCUT2D eigenvalue weighted by Crippen LogP contribution is -2.49. The number of hydrogen-bond donors (Lipinski definition) is 2. The summed E-state index contributed by atoms with van der Waals surface area (Å²) in [5.41, 5.74) is 2.73. The Kier molecular flexibility index (Phi) is 6.24. The molecular weight excluding hydrogens is 338 g/mol. The number of hydrogen-bond acceptors (Lipinski definition) is 3. The van der Waals surface area contributed by atoms with Crippen LogP contribution in [0.25, 0.3) is 0 Å². The standard InChI is InChI=1S/C22H27N3O2/c1-16-8-6-12-20(14-16)24-21(26)17(2)25-13-7-9-18(15-25)22(27)23-19-10-4-3-5-11-19/h3-6,8,10-12,14,17-18H,7,9,13,15H2,1-2H3,(H,23,27)(H,24,26). The van der Waals surface area contributed by atoms with Gasteiger partial charge >= 0.3 is 0 Å². The van der Waals surface area contributed by atoms with Crippen LogP contribution in [-0.4, -0.2) is 35.8 Å². The summed E-state index contributed by atoms with van der Waals surface area (Å²) in [5.74, 6) is -0.116. The smallest absolute Gasteiger partial charge is 0.241 e. The second-order valence-corrected chi connectivity index (χ2v) is 7.22. The lowest BCUT2D eigenvalue weighted by Gasteiger charge is -2.35. The first-order valence-corrected chi connectivity index (χ1v) is 9.50. The van der Waals surface area contributed by atoms with E-state index in [2.05, 4.69) is 15.5 Å². The van der Waals surface area contributed by atoms with Gasteiger partial charge in [-0.25, -0.2) is 0 Å². The zero-order chi connectivity index (χ0) is 19.2. The third-order valence-corrected chi connectivity index (χ3v) is 5.08. The van der Waals surface area contributed by atoms with E-state index in [1.165, 1.54) is 0 Å². The number of piperidine rings is 1. The van der Waals surface area contributed by atoms with Gasteiger partial charge in [-0.15, -0.1) is 0 Å². The van der Waals surface area contributed by atoms with Crippen LogP contribution in [0, 0.1) is 12.8 Å². The molecule has 5 nitrogen and oxygen atoms in total. The molecule has 2 amide bonds. The molecule has 0 radical (unpaired) electrons. The third kappa shape index (κ3) is 5.17. The van der Waals surface area contributed by atoms with Crippen molar-refractivity contribution in [2.75, 3.05) is 23.7 Å². The predicted octanol–water partition coefficient (Wildman–Crippen LogP) is 3.67. The van der Waals surface area contributed by atoms with Crippen molar-refractivity contribution in [1.29, 1.82) is 0 Å². The van der Waals surface area contributed by atoms with Crippen LogP contribution in [0.5, 0.6) is 0 Å². The molecule has 0 aliphatic carbocycles. The first kappa shape index (κ1) is 19.1. The van der Waals surface area contributed by atoms with Crippen LogP contribution in [0.1, 0.15) is 25.3 Å². The summed E-state index contributed by atoms with van der Waals surface area (Å²) in [5, 5.41) is 5.96. The highest BCUT2D eigenvalue weighted by Gasteiger charge is 2.30. The van der Waals surface area contributed by atoms with E-state index in [1.54, 1.807) is 0 Å². The van der Waals surface area contributed by atoms with E-state index in [1.807, 2.05) is 68.4 Å². The number of aryl methyl sites for hydroxylation is 1. The van der Waals surface area contributed by atoms with Crippen molar-refractivity contribution in [2.24, 2.45) is 5.92 Å². The molecule has 0 aromatic heterocycles. The van der Waals surface area contributed by atoms with Crippen molar-refractivity contribution in [3.05, 3.63) is 60.2 Å².